The van der Waals surface area contributed by atoms with Crippen molar-refractivity contribution in [3.63, 3.8) is 0 Å². The third-order valence-electron chi connectivity index (χ3n) is 3.15. The predicted molar refractivity (Wildman–Crippen MR) is 82.9 cm³/mol. The summed E-state index contributed by atoms with van der Waals surface area (Å²) in [4.78, 5) is 0. The molecular formula is C17H24N2O. The average Bonchev–Trinajstić information content (AvgIpc) is 2.38. The molecule has 0 aliphatic carbocycles. The summed E-state index contributed by atoms with van der Waals surface area (Å²) in [6.07, 6.45) is 8.20. The summed E-state index contributed by atoms with van der Waals surface area (Å²) in [5, 5.41) is 4.32. The predicted octanol–water partition coefficient (Wildman–Crippen LogP) is 4.16. The highest BCUT2D eigenvalue weighted by molar-refractivity contribution is 5.22. The van der Waals surface area contributed by atoms with Crippen LogP contribution in [0, 0.1) is 0 Å². The molecule has 0 atom stereocenters. The van der Waals surface area contributed by atoms with Crippen LogP contribution in [-0.4, -0.2) is 21.3 Å². The van der Waals surface area contributed by atoms with Gasteiger partial charge in [0.25, 0.3) is 0 Å². The quantitative estimate of drug-likeness (QED) is 0.821. The minimum absolute atomic E-state index is 0.0153. The molecule has 1 heterocycles. The van der Waals surface area contributed by atoms with E-state index in [4.69, 9.17) is 4.74 Å². The zero-order valence-corrected chi connectivity index (χ0v) is 13.0. The largest absolute Gasteiger partial charge is 0.467 e. The van der Waals surface area contributed by atoms with Gasteiger partial charge in [-0.25, -0.2) is 0 Å². The number of rotatable bonds is 3. The van der Waals surface area contributed by atoms with E-state index in [0.717, 1.165) is 5.75 Å². The van der Waals surface area contributed by atoms with E-state index >= 15 is 0 Å². The Labute approximate surface area is 122 Å². The summed E-state index contributed by atoms with van der Waals surface area (Å²) in [6.45, 7) is 10.7. The molecule has 2 rings (SSSR count). The Morgan fingerprint density at radius 1 is 0.800 bits per heavy atom. The van der Waals surface area contributed by atoms with Gasteiger partial charge in [-0.15, -0.1) is 0 Å². The number of para-hydroxylation sites is 1. The molecule has 3 heteroatoms. The maximum absolute atomic E-state index is 6.17. The summed E-state index contributed by atoms with van der Waals surface area (Å²) >= 11 is 0. The van der Waals surface area contributed by atoms with Gasteiger partial charge < -0.3 is 4.74 Å². The van der Waals surface area contributed by atoms with Crippen LogP contribution in [0.4, 0.5) is 0 Å². The Kier molecular flexibility index (Phi) is 3.80. The number of hydrazine groups is 1. The number of hydrogen-bond donors (Lipinski definition) is 0. The van der Waals surface area contributed by atoms with Crippen LogP contribution in [0.5, 0.6) is 5.75 Å². The number of ether oxygens (including phenoxy) is 1. The molecule has 0 saturated carbocycles. The zero-order valence-electron chi connectivity index (χ0n) is 13.0. The molecule has 1 aromatic carbocycles. The molecule has 1 aliphatic rings. The molecule has 0 unspecified atom stereocenters. The molecule has 3 nitrogen and oxygen atoms in total. The van der Waals surface area contributed by atoms with Crippen molar-refractivity contribution in [1.29, 1.82) is 0 Å². The van der Waals surface area contributed by atoms with Crippen LogP contribution in [0.2, 0.25) is 0 Å². The Hall–Kier alpha value is -1.90. The normalized spacial score (nSPS) is 15.7. The van der Waals surface area contributed by atoms with Crippen LogP contribution in [0.15, 0.2) is 54.9 Å². The molecule has 0 N–H and O–H groups in total. The third kappa shape index (κ3) is 3.16. The first-order valence-electron chi connectivity index (χ1n) is 6.98. The van der Waals surface area contributed by atoms with Gasteiger partial charge in [0.15, 0.2) is 5.72 Å². The SMILES string of the molecule is CC(C)(C)N1C=CC=CN1C(C)(C)Oc1ccccc1. The molecule has 0 fully saturated rings. The van der Waals surface area contributed by atoms with Crippen molar-refractivity contribution >= 4 is 0 Å². The smallest absolute Gasteiger partial charge is 0.194 e. The van der Waals surface area contributed by atoms with Crippen LogP contribution >= 0.6 is 0 Å². The Morgan fingerprint density at radius 3 is 1.90 bits per heavy atom. The van der Waals surface area contributed by atoms with Gasteiger partial charge in [-0.05, 0) is 58.9 Å². The van der Waals surface area contributed by atoms with E-state index in [9.17, 15) is 0 Å². The van der Waals surface area contributed by atoms with Crippen molar-refractivity contribution in [3.05, 3.63) is 54.9 Å². The Bertz CT molecular complexity index is 497. The Balaban J connectivity index is 2.23. The second-order valence-electron chi connectivity index (χ2n) is 6.40. The minimum atomic E-state index is -0.476. The van der Waals surface area contributed by atoms with Crippen molar-refractivity contribution in [2.75, 3.05) is 0 Å². The highest BCUT2D eigenvalue weighted by Crippen LogP contribution is 2.29. The first-order valence-corrected chi connectivity index (χ1v) is 6.98. The van der Waals surface area contributed by atoms with E-state index in [1.54, 1.807) is 0 Å². The van der Waals surface area contributed by atoms with Crippen LogP contribution in [0.3, 0.4) is 0 Å². The first kappa shape index (κ1) is 14.5. The topological polar surface area (TPSA) is 15.7 Å². The summed E-state index contributed by atoms with van der Waals surface area (Å²) in [5.41, 5.74) is -0.492. The molecule has 1 aromatic rings. The average molecular weight is 272 g/mol. The molecule has 0 spiro atoms. The molecule has 0 bridgehead atoms. The van der Waals surface area contributed by atoms with Crippen LogP contribution in [0.1, 0.15) is 34.6 Å². The highest BCUT2D eigenvalue weighted by atomic mass is 16.5. The fourth-order valence-corrected chi connectivity index (χ4v) is 2.22. The molecule has 108 valence electrons. The molecule has 0 saturated heterocycles. The molecule has 0 amide bonds. The van der Waals surface area contributed by atoms with E-state index in [2.05, 4.69) is 50.8 Å². The number of hydrogen-bond acceptors (Lipinski definition) is 3. The van der Waals surface area contributed by atoms with Crippen molar-refractivity contribution in [2.24, 2.45) is 0 Å². The van der Waals surface area contributed by atoms with Crippen molar-refractivity contribution < 1.29 is 4.74 Å². The molecule has 0 radical (unpaired) electrons. The van der Waals surface area contributed by atoms with Crippen molar-refractivity contribution in [1.82, 2.24) is 10.0 Å². The zero-order chi connectivity index (χ0) is 14.8. The second kappa shape index (κ2) is 5.23. The van der Waals surface area contributed by atoms with Gasteiger partial charge in [0, 0.05) is 12.4 Å². The van der Waals surface area contributed by atoms with Gasteiger partial charge >= 0.3 is 0 Å². The molecule has 20 heavy (non-hydrogen) atoms. The Morgan fingerprint density at radius 2 is 1.35 bits per heavy atom. The minimum Gasteiger partial charge on any atom is -0.467 e. The highest BCUT2D eigenvalue weighted by Gasteiger charge is 2.35. The summed E-state index contributed by atoms with van der Waals surface area (Å²) in [6, 6.07) is 9.92. The van der Waals surface area contributed by atoms with Crippen molar-refractivity contribution in [3.8, 4) is 5.75 Å². The van der Waals surface area contributed by atoms with Crippen molar-refractivity contribution in [2.45, 2.75) is 45.9 Å². The fourth-order valence-electron chi connectivity index (χ4n) is 2.22. The second-order valence-corrected chi connectivity index (χ2v) is 6.40. The number of allylic oxidation sites excluding steroid dienone is 2. The monoisotopic (exact) mass is 272 g/mol. The van der Waals surface area contributed by atoms with Gasteiger partial charge in [0.2, 0.25) is 0 Å². The van der Waals surface area contributed by atoms with Crippen LogP contribution < -0.4 is 4.74 Å². The fraction of sp³-hybridized carbons (Fsp3) is 0.412. The van der Waals surface area contributed by atoms with Gasteiger partial charge in [0.1, 0.15) is 5.75 Å². The third-order valence-corrected chi connectivity index (χ3v) is 3.15. The number of nitrogens with zero attached hydrogens (tertiary/aromatic N) is 2. The van der Waals surface area contributed by atoms with Gasteiger partial charge in [-0.3, -0.25) is 10.0 Å². The van der Waals surface area contributed by atoms with Crippen LogP contribution in [0.25, 0.3) is 0 Å². The van der Waals surface area contributed by atoms with E-state index in [1.807, 2.05) is 48.7 Å². The standard InChI is InChI=1S/C17H24N2O/c1-16(2,3)18-13-9-10-14-19(18)17(4,5)20-15-11-7-6-8-12-15/h6-14H,1-5H3. The lowest BCUT2D eigenvalue weighted by molar-refractivity contribution is -0.157. The first-order chi connectivity index (χ1) is 9.31. The van der Waals surface area contributed by atoms with E-state index < -0.39 is 5.72 Å². The van der Waals surface area contributed by atoms with Gasteiger partial charge in [0.05, 0.1) is 5.54 Å². The van der Waals surface area contributed by atoms with E-state index in [1.165, 1.54) is 0 Å². The van der Waals surface area contributed by atoms with Crippen LogP contribution in [-0.2, 0) is 0 Å². The summed E-state index contributed by atoms with van der Waals surface area (Å²) in [7, 11) is 0. The maximum Gasteiger partial charge on any atom is 0.194 e. The summed E-state index contributed by atoms with van der Waals surface area (Å²) < 4.78 is 6.17. The lowest BCUT2D eigenvalue weighted by Gasteiger charge is -2.50. The molecule has 0 aromatic heterocycles. The number of benzene rings is 1. The van der Waals surface area contributed by atoms with Gasteiger partial charge in [-0.1, -0.05) is 18.2 Å². The lowest BCUT2D eigenvalue weighted by Crippen LogP contribution is -2.58. The molecular weight excluding hydrogens is 248 g/mol. The lowest BCUT2D eigenvalue weighted by atomic mass is 10.1. The summed E-state index contributed by atoms with van der Waals surface area (Å²) in [5.74, 6) is 0.870. The van der Waals surface area contributed by atoms with Gasteiger partial charge in [-0.2, -0.15) is 0 Å². The maximum atomic E-state index is 6.17. The van der Waals surface area contributed by atoms with E-state index in [0.29, 0.717) is 0 Å². The molecule has 1 aliphatic heterocycles. The van der Waals surface area contributed by atoms with E-state index in [-0.39, 0.29) is 5.54 Å².